The Morgan fingerprint density at radius 1 is 1.05 bits per heavy atom. The van der Waals surface area contributed by atoms with E-state index in [-0.39, 0.29) is 5.97 Å². The quantitative estimate of drug-likeness (QED) is 0.334. The maximum absolute atomic E-state index is 11.2. The molecule has 0 spiro atoms. The lowest BCUT2D eigenvalue weighted by molar-refractivity contribution is -0.143. The topological polar surface area (TPSA) is 38.8 Å². The zero-order valence-electron chi connectivity index (χ0n) is 13.6. The molecule has 2 atom stereocenters. The van der Waals surface area contributed by atoms with Gasteiger partial charge in [-0.15, -0.1) is 0 Å². The molecule has 2 rings (SSSR count). The van der Waals surface area contributed by atoms with E-state index in [1.165, 1.54) is 37.7 Å². The van der Waals surface area contributed by atoms with Crippen molar-refractivity contribution in [3.05, 3.63) is 35.9 Å². The van der Waals surface area contributed by atoms with E-state index >= 15 is 0 Å². The molecule has 1 aromatic rings. The maximum Gasteiger partial charge on any atom is 0.305 e. The normalized spacial score (nSPS) is 19.9. The third kappa shape index (κ3) is 6.18. The van der Waals surface area contributed by atoms with Crippen LogP contribution in [0.3, 0.4) is 0 Å². The van der Waals surface area contributed by atoms with Crippen molar-refractivity contribution >= 4 is 5.97 Å². The predicted octanol–water partition coefficient (Wildman–Crippen LogP) is 4.81. The number of benzene rings is 1. The summed E-state index contributed by atoms with van der Waals surface area (Å²) in [6.45, 7) is 2.34. The van der Waals surface area contributed by atoms with Crippen LogP contribution in [0.5, 0.6) is 0 Å². The molecule has 3 heteroatoms. The van der Waals surface area contributed by atoms with Crippen molar-refractivity contribution in [3.63, 3.8) is 0 Å². The first kappa shape index (κ1) is 17.0. The van der Waals surface area contributed by atoms with Gasteiger partial charge in [-0.25, -0.2) is 0 Å². The molecule has 122 valence electrons. The molecule has 1 heterocycles. The highest BCUT2D eigenvalue weighted by Gasteiger charge is 2.38. The molecular formula is C19H28O3. The third-order valence-electron chi connectivity index (χ3n) is 4.14. The number of epoxide rings is 1. The molecule has 3 nitrogen and oxygen atoms in total. The number of esters is 1. The third-order valence-corrected chi connectivity index (χ3v) is 4.14. The highest BCUT2D eigenvalue weighted by atomic mass is 16.6. The summed E-state index contributed by atoms with van der Waals surface area (Å²) in [4.78, 5) is 11.2. The van der Waals surface area contributed by atoms with Crippen LogP contribution < -0.4 is 0 Å². The van der Waals surface area contributed by atoms with E-state index in [9.17, 15) is 4.79 Å². The van der Waals surface area contributed by atoms with E-state index in [4.69, 9.17) is 9.47 Å². The van der Waals surface area contributed by atoms with Gasteiger partial charge < -0.3 is 9.47 Å². The Kier molecular flexibility index (Phi) is 7.44. The van der Waals surface area contributed by atoms with Crippen molar-refractivity contribution in [1.29, 1.82) is 0 Å². The molecule has 1 aromatic carbocycles. The zero-order chi connectivity index (χ0) is 15.6. The molecule has 1 aliphatic heterocycles. The van der Waals surface area contributed by atoms with Gasteiger partial charge in [-0.1, -0.05) is 62.4 Å². The lowest BCUT2D eigenvalue weighted by Crippen LogP contribution is -2.03. The smallest absolute Gasteiger partial charge is 0.305 e. The number of hydrogen-bond acceptors (Lipinski definition) is 3. The fourth-order valence-corrected chi connectivity index (χ4v) is 2.85. The molecule has 2 unspecified atom stereocenters. The van der Waals surface area contributed by atoms with Gasteiger partial charge in [0.25, 0.3) is 0 Å². The van der Waals surface area contributed by atoms with Gasteiger partial charge in [0.05, 0.1) is 12.7 Å². The lowest BCUT2D eigenvalue weighted by atomic mass is 10.0. The molecular weight excluding hydrogens is 276 g/mol. The lowest BCUT2D eigenvalue weighted by Gasteiger charge is -2.02. The zero-order valence-corrected chi connectivity index (χ0v) is 13.6. The number of ether oxygens (including phenoxy) is 2. The van der Waals surface area contributed by atoms with E-state index in [2.05, 4.69) is 24.3 Å². The van der Waals surface area contributed by atoms with Crippen molar-refractivity contribution in [1.82, 2.24) is 0 Å². The number of unbranched alkanes of at least 4 members (excludes halogenated alkanes) is 5. The van der Waals surface area contributed by atoms with Crippen molar-refractivity contribution in [2.75, 3.05) is 6.61 Å². The molecule has 1 saturated heterocycles. The van der Waals surface area contributed by atoms with Gasteiger partial charge in [-0.2, -0.15) is 0 Å². The van der Waals surface area contributed by atoms with Crippen molar-refractivity contribution < 1.29 is 14.3 Å². The van der Waals surface area contributed by atoms with E-state index in [0.29, 0.717) is 25.2 Å². The van der Waals surface area contributed by atoms with Crippen LogP contribution in [0.2, 0.25) is 0 Å². The van der Waals surface area contributed by atoms with Gasteiger partial charge in [0.1, 0.15) is 6.10 Å². The summed E-state index contributed by atoms with van der Waals surface area (Å²) in [5, 5.41) is 0. The second kappa shape index (κ2) is 9.62. The van der Waals surface area contributed by atoms with Crippen molar-refractivity contribution in [2.45, 2.75) is 70.5 Å². The number of hydrogen-bond donors (Lipinski definition) is 0. The van der Waals surface area contributed by atoms with Gasteiger partial charge in [-0.3, -0.25) is 4.79 Å². The van der Waals surface area contributed by atoms with Crippen LogP contribution in [-0.2, 0) is 14.3 Å². The van der Waals surface area contributed by atoms with Gasteiger partial charge in [-0.05, 0) is 25.3 Å². The van der Waals surface area contributed by atoms with E-state index in [0.717, 1.165) is 12.8 Å². The second-order valence-electron chi connectivity index (χ2n) is 5.97. The Balaban J connectivity index is 1.41. The molecule has 0 aliphatic carbocycles. The van der Waals surface area contributed by atoms with Gasteiger partial charge in [0.2, 0.25) is 0 Å². The predicted molar refractivity (Wildman–Crippen MR) is 87.6 cm³/mol. The first-order valence-corrected chi connectivity index (χ1v) is 8.67. The Bertz CT molecular complexity index is 430. The van der Waals surface area contributed by atoms with Gasteiger partial charge in [0.15, 0.2) is 0 Å². The van der Waals surface area contributed by atoms with Crippen molar-refractivity contribution in [2.24, 2.45) is 0 Å². The monoisotopic (exact) mass is 304 g/mol. The minimum Gasteiger partial charge on any atom is -0.466 e. The molecule has 0 radical (unpaired) electrons. The fourth-order valence-electron chi connectivity index (χ4n) is 2.85. The molecule has 0 bridgehead atoms. The van der Waals surface area contributed by atoms with Gasteiger partial charge in [0, 0.05) is 6.42 Å². The standard InChI is InChI=1S/C19H28O3/c1-2-21-18(20)15-11-6-4-3-5-10-14-17-19(22-17)16-12-8-7-9-13-16/h7-9,12-13,17,19H,2-6,10-11,14-15H2,1H3. The van der Waals surface area contributed by atoms with Crippen molar-refractivity contribution in [3.8, 4) is 0 Å². The molecule has 1 aliphatic rings. The van der Waals surface area contributed by atoms with Crippen LogP contribution in [0.25, 0.3) is 0 Å². The number of rotatable bonds is 11. The Labute approximate surface area is 134 Å². The van der Waals surface area contributed by atoms with Crippen LogP contribution >= 0.6 is 0 Å². The maximum atomic E-state index is 11.2. The van der Waals surface area contributed by atoms with Crippen LogP contribution in [0, 0.1) is 0 Å². The summed E-state index contributed by atoms with van der Waals surface area (Å²) >= 11 is 0. The number of carbonyl (C=O) groups excluding carboxylic acids is 1. The summed E-state index contributed by atoms with van der Waals surface area (Å²) in [7, 11) is 0. The summed E-state index contributed by atoms with van der Waals surface area (Å²) in [6, 6.07) is 10.5. The minimum absolute atomic E-state index is 0.0552. The molecule has 1 fully saturated rings. The number of carbonyl (C=O) groups is 1. The second-order valence-corrected chi connectivity index (χ2v) is 5.97. The molecule has 0 N–H and O–H groups in total. The Morgan fingerprint density at radius 3 is 2.45 bits per heavy atom. The minimum atomic E-state index is -0.0552. The molecule has 22 heavy (non-hydrogen) atoms. The first-order chi connectivity index (χ1) is 10.8. The average Bonchev–Trinajstić information content (AvgIpc) is 3.31. The van der Waals surface area contributed by atoms with Crippen LogP contribution in [0.4, 0.5) is 0 Å². The fraction of sp³-hybridized carbons (Fsp3) is 0.632. The average molecular weight is 304 g/mol. The summed E-state index contributed by atoms with van der Waals surface area (Å²) in [5.41, 5.74) is 1.31. The summed E-state index contributed by atoms with van der Waals surface area (Å²) < 4.78 is 10.7. The Hall–Kier alpha value is -1.35. The SMILES string of the molecule is CCOC(=O)CCCCCCCCC1OC1c1ccccc1. The first-order valence-electron chi connectivity index (χ1n) is 8.67. The van der Waals surface area contributed by atoms with Crippen LogP contribution in [-0.4, -0.2) is 18.7 Å². The Morgan fingerprint density at radius 2 is 1.73 bits per heavy atom. The van der Waals surface area contributed by atoms with E-state index < -0.39 is 0 Å². The van der Waals surface area contributed by atoms with Crippen LogP contribution in [0.15, 0.2) is 30.3 Å². The van der Waals surface area contributed by atoms with E-state index in [1.54, 1.807) is 0 Å². The summed E-state index contributed by atoms with van der Waals surface area (Å²) in [5.74, 6) is -0.0552. The summed E-state index contributed by atoms with van der Waals surface area (Å²) in [6.07, 6.45) is 9.58. The van der Waals surface area contributed by atoms with Crippen LogP contribution in [0.1, 0.15) is 70.0 Å². The highest BCUT2D eigenvalue weighted by molar-refractivity contribution is 5.69. The van der Waals surface area contributed by atoms with E-state index in [1.807, 2.05) is 13.0 Å². The molecule has 0 aromatic heterocycles. The molecule has 0 saturated carbocycles. The largest absolute Gasteiger partial charge is 0.466 e. The highest BCUT2D eigenvalue weighted by Crippen LogP contribution is 2.41. The molecule has 0 amide bonds. The van der Waals surface area contributed by atoms with Gasteiger partial charge >= 0.3 is 5.97 Å².